The summed E-state index contributed by atoms with van der Waals surface area (Å²) in [7, 11) is 1.82. The molecule has 6 nitrogen and oxygen atoms in total. The zero-order valence-electron chi connectivity index (χ0n) is 12.4. The van der Waals surface area contributed by atoms with Crippen molar-refractivity contribution < 1.29 is 4.39 Å². The third-order valence-electron chi connectivity index (χ3n) is 3.48. The summed E-state index contributed by atoms with van der Waals surface area (Å²) < 4.78 is 16.1. The predicted molar refractivity (Wildman–Crippen MR) is 90.1 cm³/mol. The SMILES string of the molecule is Cn1nccc1-c1nc(-c2c(F)cccc2Cl)c(-c2nc[nH]n2)s1. The molecule has 4 rings (SSSR count). The van der Waals surface area contributed by atoms with Crippen molar-refractivity contribution in [3.63, 3.8) is 0 Å². The maximum Gasteiger partial charge on any atom is 0.193 e. The molecule has 0 aliphatic rings. The van der Waals surface area contributed by atoms with Crippen molar-refractivity contribution >= 4 is 22.9 Å². The minimum absolute atomic E-state index is 0.239. The quantitative estimate of drug-likeness (QED) is 0.603. The fourth-order valence-corrected chi connectivity index (χ4v) is 3.70. The van der Waals surface area contributed by atoms with E-state index < -0.39 is 5.82 Å². The van der Waals surface area contributed by atoms with Gasteiger partial charge in [-0.15, -0.1) is 11.3 Å². The second-order valence-corrected chi connectivity index (χ2v) is 6.36. The number of hydrogen-bond acceptors (Lipinski definition) is 5. The van der Waals surface area contributed by atoms with Gasteiger partial charge in [0.2, 0.25) is 0 Å². The molecule has 24 heavy (non-hydrogen) atoms. The average molecular weight is 361 g/mol. The number of rotatable bonds is 3. The van der Waals surface area contributed by atoms with Crippen LogP contribution in [0.1, 0.15) is 0 Å². The molecular weight excluding hydrogens is 351 g/mol. The monoisotopic (exact) mass is 360 g/mol. The van der Waals surface area contributed by atoms with E-state index >= 15 is 0 Å². The lowest BCUT2D eigenvalue weighted by Crippen LogP contribution is -1.93. The van der Waals surface area contributed by atoms with Crippen molar-refractivity contribution in [3.8, 4) is 32.7 Å². The van der Waals surface area contributed by atoms with Crippen molar-refractivity contribution in [2.45, 2.75) is 0 Å². The van der Waals surface area contributed by atoms with Crippen LogP contribution in [-0.2, 0) is 7.05 Å². The van der Waals surface area contributed by atoms with E-state index in [0.717, 1.165) is 5.69 Å². The van der Waals surface area contributed by atoms with Gasteiger partial charge in [-0.3, -0.25) is 9.78 Å². The Kier molecular flexibility index (Phi) is 3.62. The molecule has 0 saturated carbocycles. The number of halogens is 2. The fraction of sp³-hybridized carbons (Fsp3) is 0.0667. The number of nitrogens with zero attached hydrogens (tertiary/aromatic N) is 5. The summed E-state index contributed by atoms with van der Waals surface area (Å²) >= 11 is 7.58. The summed E-state index contributed by atoms with van der Waals surface area (Å²) in [6, 6.07) is 6.38. The molecule has 0 aliphatic heterocycles. The van der Waals surface area contributed by atoms with Gasteiger partial charge < -0.3 is 0 Å². The Hall–Kier alpha value is -2.58. The number of benzene rings is 1. The topological polar surface area (TPSA) is 72.3 Å². The van der Waals surface area contributed by atoms with Gasteiger partial charge in [0, 0.05) is 13.2 Å². The van der Waals surface area contributed by atoms with Crippen molar-refractivity contribution in [2.24, 2.45) is 7.05 Å². The highest BCUT2D eigenvalue weighted by Crippen LogP contribution is 2.42. The van der Waals surface area contributed by atoms with Crippen molar-refractivity contribution in [3.05, 3.63) is 47.6 Å². The zero-order valence-corrected chi connectivity index (χ0v) is 13.9. The van der Waals surface area contributed by atoms with Crippen LogP contribution in [0, 0.1) is 5.82 Å². The first-order chi connectivity index (χ1) is 11.6. The summed E-state index contributed by atoms with van der Waals surface area (Å²) in [5.74, 6) is -0.00335. The van der Waals surface area contributed by atoms with E-state index in [4.69, 9.17) is 11.6 Å². The first-order valence-corrected chi connectivity index (χ1v) is 8.14. The van der Waals surface area contributed by atoms with Gasteiger partial charge in [-0.1, -0.05) is 17.7 Å². The van der Waals surface area contributed by atoms with E-state index in [1.165, 1.54) is 23.7 Å². The van der Waals surface area contributed by atoms with Crippen molar-refractivity contribution in [1.29, 1.82) is 0 Å². The Morgan fingerprint density at radius 2 is 2.17 bits per heavy atom. The average Bonchev–Trinajstić information content (AvgIpc) is 3.26. The van der Waals surface area contributed by atoms with Crippen LogP contribution >= 0.6 is 22.9 Å². The van der Waals surface area contributed by atoms with Crippen LogP contribution in [-0.4, -0.2) is 29.9 Å². The number of aromatic amines is 1. The van der Waals surface area contributed by atoms with Crippen LogP contribution in [0.15, 0.2) is 36.8 Å². The summed E-state index contributed by atoms with van der Waals surface area (Å²) in [6.07, 6.45) is 3.14. The summed E-state index contributed by atoms with van der Waals surface area (Å²) in [4.78, 5) is 9.40. The number of H-pyrrole nitrogens is 1. The highest BCUT2D eigenvalue weighted by molar-refractivity contribution is 7.18. The molecule has 0 saturated heterocycles. The fourth-order valence-electron chi connectivity index (χ4n) is 2.38. The summed E-state index contributed by atoms with van der Waals surface area (Å²) in [5.41, 5.74) is 1.47. The van der Waals surface area contributed by atoms with Gasteiger partial charge in [-0.05, 0) is 18.2 Å². The molecule has 0 spiro atoms. The molecule has 0 atom stereocenters. The van der Waals surface area contributed by atoms with Gasteiger partial charge in [0.25, 0.3) is 0 Å². The Labute approximate surface area is 145 Å². The van der Waals surface area contributed by atoms with Gasteiger partial charge in [0.1, 0.15) is 22.0 Å². The lowest BCUT2D eigenvalue weighted by molar-refractivity contribution is 0.631. The smallest absolute Gasteiger partial charge is 0.193 e. The molecular formula is C15H10ClFN6S. The molecule has 9 heteroatoms. The van der Waals surface area contributed by atoms with E-state index in [0.29, 0.717) is 21.4 Å². The van der Waals surface area contributed by atoms with Crippen molar-refractivity contribution in [2.75, 3.05) is 0 Å². The van der Waals surface area contributed by atoms with E-state index in [9.17, 15) is 4.39 Å². The Bertz CT molecular complexity index is 987. The third kappa shape index (κ3) is 2.40. The van der Waals surface area contributed by atoms with Crippen molar-refractivity contribution in [1.82, 2.24) is 29.9 Å². The lowest BCUT2D eigenvalue weighted by Gasteiger charge is -2.04. The molecule has 0 bridgehead atoms. The van der Waals surface area contributed by atoms with E-state index in [1.807, 2.05) is 13.1 Å². The van der Waals surface area contributed by atoms with Crippen LogP contribution in [0.3, 0.4) is 0 Å². The second-order valence-electron chi connectivity index (χ2n) is 4.96. The van der Waals surface area contributed by atoms with E-state index in [1.54, 1.807) is 23.0 Å². The summed E-state index contributed by atoms with van der Waals surface area (Å²) in [6.45, 7) is 0. The maximum atomic E-state index is 14.4. The maximum absolute atomic E-state index is 14.4. The molecule has 1 N–H and O–H groups in total. The number of aryl methyl sites for hydroxylation is 1. The predicted octanol–water partition coefficient (Wildman–Crippen LogP) is 3.79. The number of hydrogen-bond donors (Lipinski definition) is 1. The largest absolute Gasteiger partial charge is 0.266 e. The summed E-state index contributed by atoms with van der Waals surface area (Å²) in [5, 5.41) is 11.9. The highest BCUT2D eigenvalue weighted by Gasteiger charge is 2.23. The molecule has 120 valence electrons. The number of aromatic nitrogens is 6. The van der Waals surface area contributed by atoms with E-state index in [-0.39, 0.29) is 10.6 Å². The molecule has 4 aromatic rings. The van der Waals surface area contributed by atoms with Crippen LogP contribution < -0.4 is 0 Å². The molecule has 0 aliphatic carbocycles. The van der Waals surface area contributed by atoms with Gasteiger partial charge in [-0.25, -0.2) is 14.4 Å². The minimum Gasteiger partial charge on any atom is -0.266 e. The molecule has 3 heterocycles. The molecule has 0 fully saturated rings. The third-order valence-corrected chi connectivity index (χ3v) is 4.87. The van der Waals surface area contributed by atoms with Crippen LogP contribution in [0.5, 0.6) is 0 Å². The number of thiazole rings is 1. The lowest BCUT2D eigenvalue weighted by atomic mass is 10.1. The molecule has 0 amide bonds. The Morgan fingerprint density at radius 3 is 2.83 bits per heavy atom. The van der Waals surface area contributed by atoms with Gasteiger partial charge in [0.15, 0.2) is 5.82 Å². The molecule has 3 aromatic heterocycles. The number of nitrogens with one attached hydrogen (secondary N) is 1. The Morgan fingerprint density at radius 1 is 1.29 bits per heavy atom. The normalized spacial score (nSPS) is 11.1. The van der Waals surface area contributed by atoms with E-state index in [2.05, 4.69) is 25.3 Å². The van der Waals surface area contributed by atoms with Gasteiger partial charge in [-0.2, -0.15) is 10.2 Å². The van der Waals surface area contributed by atoms with Crippen LogP contribution in [0.4, 0.5) is 4.39 Å². The van der Waals surface area contributed by atoms with Gasteiger partial charge in [0.05, 0.1) is 22.0 Å². The zero-order chi connectivity index (χ0) is 16.7. The van der Waals surface area contributed by atoms with Crippen LogP contribution in [0.2, 0.25) is 5.02 Å². The highest BCUT2D eigenvalue weighted by atomic mass is 35.5. The molecule has 0 radical (unpaired) electrons. The van der Waals surface area contributed by atoms with Crippen LogP contribution in [0.25, 0.3) is 32.7 Å². The second kappa shape index (κ2) is 5.81. The molecule has 0 unspecified atom stereocenters. The minimum atomic E-state index is -0.443. The Balaban J connectivity index is 1.99. The first kappa shape index (κ1) is 15.0. The first-order valence-electron chi connectivity index (χ1n) is 6.95. The van der Waals surface area contributed by atoms with Gasteiger partial charge >= 0.3 is 0 Å². The standard InChI is InChI=1S/C15H10ClFN6S/c1-23-10(5-6-20-23)15-21-12(11-8(16)3-2-4-9(11)17)13(24-15)14-18-7-19-22-14/h2-7H,1H3,(H,18,19,22). The molecule has 1 aromatic carbocycles.